The predicted octanol–water partition coefficient (Wildman–Crippen LogP) is 7.43. The molecule has 5 nitrogen and oxygen atoms in total. The minimum absolute atomic E-state index is 0.0620. The Kier molecular flexibility index (Phi) is 10.4. The fourth-order valence-electron chi connectivity index (χ4n) is 4.44. The summed E-state index contributed by atoms with van der Waals surface area (Å²) in [6.07, 6.45) is 8.49. The van der Waals surface area contributed by atoms with Gasteiger partial charge >= 0.3 is 6.16 Å². The number of carbonyl (C=O) groups is 1. The van der Waals surface area contributed by atoms with E-state index >= 15 is 0 Å². The molecule has 1 aliphatic heterocycles. The summed E-state index contributed by atoms with van der Waals surface area (Å²) in [7, 11) is 0. The van der Waals surface area contributed by atoms with Crippen LogP contribution in [0.4, 0.5) is 4.79 Å². The molecule has 0 aliphatic carbocycles. The second-order valence-electron chi connectivity index (χ2n) is 10.1. The van der Waals surface area contributed by atoms with Crippen molar-refractivity contribution in [1.82, 2.24) is 0 Å². The topological polar surface area (TPSA) is 60.6 Å². The van der Waals surface area contributed by atoms with Crippen LogP contribution in [0.3, 0.4) is 0 Å². The van der Waals surface area contributed by atoms with Crippen LogP contribution in [0.25, 0.3) is 0 Å². The SMILES string of the molecule is CCCCC(CC)COC(=O)OC(C)(CC(C)(C)C)C1(C(CC)CCCC)OO1. The Bertz CT molecular complexity index is 480. The van der Waals surface area contributed by atoms with Crippen LogP contribution in [0, 0.1) is 17.3 Å². The summed E-state index contributed by atoms with van der Waals surface area (Å²) in [6.45, 7) is 17.4. The zero-order valence-electron chi connectivity index (χ0n) is 20.3. The van der Waals surface area contributed by atoms with Gasteiger partial charge in [-0.1, -0.05) is 80.6 Å². The van der Waals surface area contributed by atoms with Gasteiger partial charge in [0.05, 0.1) is 6.61 Å². The monoisotopic (exact) mass is 414 g/mol. The van der Waals surface area contributed by atoms with Gasteiger partial charge in [0.2, 0.25) is 0 Å². The maximum atomic E-state index is 12.7. The molecule has 1 heterocycles. The number of unbranched alkanes of at least 4 members (excludes halogenated alkanes) is 2. The van der Waals surface area contributed by atoms with Crippen LogP contribution < -0.4 is 0 Å². The van der Waals surface area contributed by atoms with E-state index < -0.39 is 17.5 Å². The number of hydrogen-bond acceptors (Lipinski definition) is 5. The molecule has 0 bridgehead atoms. The molecule has 0 aromatic heterocycles. The normalized spacial score (nSPS) is 19.9. The predicted molar refractivity (Wildman–Crippen MR) is 116 cm³/mol. The lowest BCUT2D eigenvalue weighted by Crippen LogP contribution is -2.52. The lowest BCUT2D eigenvalue weighted by Gasteiger charge is -2.39. The van der Waals surface area contributed by atoms with Gasteiger partial charge in [-0.3, -0.25) is 0 Å². The average Bonchev–Trinajstić information content (AvgIpc) is 3.43. The van der Waals surface area contributed by atoms with Crippen molar-refractivity contribution in [3.63, 3.8) is 0 Å². The van der Waals surface area contributed by atoms with E-state index in [1.54, 1.807) is 0 Å². The van der Waals surface area contributed by atoms with E-state index in [4.69, 9.17) is 19.2 Å². The molecule has 0 aromatic carbocycles. The summed E-state index contributed by atoms with van der Waals surface area (Å²) < 4.78 is 11.5. The first-order chi connectivity index (χ1) is 13.6. The molecule has 0 N–H and O–H groups in total. The molecule has 1 saturated heterocycles. The van der Waals surface area contributed by atoms with Crippen LogP contribution in [0.2, 0.25) is 0 Å². The number of hydrogen-bond donors (Lipinski definition) is 0. The molecule has 1 rings (SSSR count). The Balaban J connectivity index is 2.90. The summed E-state index contributed by atoms with van der Waals surface area (Å²) in [5, 5.41) is 0. The van der Waals surface area contributed by atoms with Gasteiger partial charge < -0.3 is 9.47 Å². The highest BCUT2D eigenvalue weighted by atomic mass is 17.4. The zero-order valence-corrected chi connectivity index (χ0v) is 20.3. The van der Waals surface area contributed by atoms with Gasteiger partial charge in [0.25, 0.3) is 5.79 Å². The first-order valence-corrected chi connectivity index (χ1v) is 11.8. The quantitative estimate of drug-likeness (QED) is 0.168. The van der Waals surface area contributed by atoms with Crippen molar-refractivity contribution in [3.05, 3.63) is 0 Å². The zero-order chi connectivity index (χ0) is 22.1. The Morgan fingerprint density at radius 1 is 0.931 bits per heavy atom. The van der Waals surface area contributed by atoms with Crippen LogP contribution in [0.1, 0.15) is 113 Å². The van der Waals surface area contributed by atoms with Crippen molar-refractivity contribution in [3.8, 4) is 0 Å². The van der Waals surface area contributed by atoms with Gasteiger partial charge in [-0.2, -0.15) is 9.78 Å². The van der Waals surface area contributed by atoms with Gasteiger partial charge in [-0.15, -0.1) is 0 Å². The molecule has 1 aliphatic rings. The number of rotatable bonds is 14. The molecule has 0 aromatic rings. The van der Waals surface area contributed by atoms with Crippen molar-refractivity contribution in [2.75, 3.05) is 6.61 Å². The van der Waals surface area contributed by atoms with Crippen molar-refractivity contribution in [2.45, 2.75) is 125 Å². The summed E-state index contributed by atoms with van der Waals surface area (Å²) in [5.41, 5.74) is -0.963. The van der Waals surface area contributed by atoms with E-state index in [1.807, 2.05) is 6.92 Å². The van der Waals surface area contributed by atoms with Crippen molar-refractivity contribution < 1.29 is 24.0 Å². The van der Waals surface area contributed by atoms with Crippen molar-refractivity contribution in [2.24, 2.45) is 17.3 Å². The number of carbonyl (C=O) groups excluding carboxylic acids is 1. The van der Waals surface area contributed by atoms with Gasteiger partial charge in [-0.25, -0.2) is 4.79 Å². The van der Waals surface area contributed by atoms with Crippen molar-refractivity contribution >= 4 is 6.16 Å². The summed E-state index contributed by atoms with van der Waals surface area (Å²) in [6, 6.07) is 0. The Hall–Kier alpha value is -0.810. The standard InChI is InChI=1S/C24H46O5/c1-9-13-15-19(11-3)17-26-21(25)27-23(8,18-22(5,6)7)24(28-29-24)20(12-4)16-14-10-2/h19-20H,9-18H2,1-8H3. The maximum Gasteiger partial charge on any atom is 0.509 e. The smallest absolute Gasteiger partial charge is 0.434 e. The summed E-state index contributed by atoms with van der Waals surface area (Å²) in [5.74, 6) is -0.322. The molecule has 0 amide bonds. The maximum absolute atomic E-state index is 12.7. The van der Waals surface area contributed by atoms with Crippen LogP contribution in [-0.2, 0) is 19.2 Å². The molecule has 1 fully saturated rings. The highest BCUT2D eigenvalue weighted by molar-refractivity contribution is 5.60. The molecule has 0 radical (unpaired) electrons. The second-order valence-corrected chi connectivity index (χ2v) is 10.1. The largest absolute Gasteiger partial charge is 0.509 e. The van der Waals surface area contributed by atoms with Gasteiger partial charge in [0.1, 0.15) is 0 Å². The number of ether oxygens (including phenoxy) is 2. The molecule has 172 valence electrons. The Morgan fingerprint density at radius 3 is 1.97 bits per heavy atom. The summed E-state index contributed by atoms with van der Waals surface area (Å²) >= 11 is 0. The van der Waals surface area contributed by atoms with Crippen LogP contribution in [-0.4, -0.2) is 24.2 Å². The van der Waals surface area contributed by atoms with E-state index in [1.165, 1.54) is 0 Å². The first kappa shape index (κ1) is 26.2. The van der Waals surface area contributed by atoms with Crippen LogP contribution >= 0.6 is 0 Å². The Morgan fingerprint density at radius 2 is 1.52 bits per heavy atom. The Labute approximate surface area is 179 Å². The fraction of sp³-hybridized carbons (Fsp3) is 0.958. The molecule has 3 unspecified atom stereocenters. The van der Waals surface area contributed by atoms with E-state index in [2.05, 4.69) is 48.5 Å². The van der Waals surface area contributed by atoms with E-state index in [-0.39, 0.29) is 11.3 Å². The minimum Gasteiger partial charge on any atom is -0.434 e. The van der Waals surface area contributed by atoms with Crippen LogP contribution in [0.15, 0.2) is 0 Å². The average molecular weight is 415 g/mol. The molecule has 5 heteroatoms. The molecule has 0 spiro atoms. The lowest BCUT2D eigenvalue weighted by molar-refractivity contribution is -0.113. The molecule has 3 atom stereocenters. The van der Waals surface area contributed by atoms with E-state index in [9.17, 15) is 4.79 Å². The third-order valence-electron chi connectivity index (χ3n) is 6.09. The van der Waals surface area contributed by atoms with Crippen molar-refractivity contribution in [1.29, 1.82) is 0 Å². The third kappa shape index (κ3) is 7.75. The molecule has 0 saturated carbocycles. The highest BCUT2D eigenvalue weighted by Gasteiger charge is 2.70. The fourth-order valence-corrected chi connectivity index (χ4v) is 4.44. The van der Waals surface area contributed by atoms with Gasteiger partial charge in [0, 0.05) is 5.92 Å². The third-order valence-corrected chi connectivity index (χ3v) is 6.09. The molecule has 29 heavy (non-hydrogen) atoms. The van der Waals surface area contributed by atoms with Gasteiger partial charge in [0.15, 0.2) is 5.60 Å². The van der Waals surface area contributed by atoms with Gasteiger partial charge in [-0.05, 0) is 43.9 Å². The van der Waals surface area contributed by atoms with E-state index in [0.29, 0.717) is 18.9 Å². The van der Waals surface area contributed by atoms with E-state index in [0.717, 1.165) is 51.4 Å². The molecular weight excluding hydrogens is 368 g/mol. The lowest BCUT2D eigenvalue weighted by atomic mass is 9.73. The second kappa shape index (κ2) is 11.5. The first-order valence-electron chi connectivity index (χ1n) is 11.8. The molecular formula is C24H46O5. The highest BCUT2D eigenvalue weighted by Crippen LogP contribution is 2.54. The van der Waals surface area contributed by atoms with Crippen LogP contribution in [0.5, 0.6) is 0 Å². The minimum atomic E-state index is -0.901. The summed E-state index contributed by atoms with van der Waals surface area (Å²) in [4.78, 5) is 23.9.